The molecule has 3 aromatic rings. The number of amides is 1. The maximum Gasteiger partial charge on any atom is 0.223 e. The van der Waals surface area contributed by atoms with Gasteiger partial charge in [0, 0.05) is 47.6 Å². The zero-order chi connectivity index (χ0) is 19.5. The normalized spacial score (nSPS) is 15.1. The van der Waals surface area contributed by atoms with Crippen LogP contribution >= 0.6 is 11.6 Å². The SMILES string of the molecule is CCOc1ccc([C@@H](CC(=O)N2CCCC2)c2c[nH]c3ccc(Cl)cc23)cc1. The Hall–Kier alpha value is -2.46. The van der Waals surface area contributed by atoms with Gasteiger partial charge in [0.15, 0.2) is 0 Å². The van der Waals surface area contributed by atoms with Gasteiger partial charge < -0.3 is 14.6 Å². The molecule has 0 aliphatic carbocycles. The van der Waals surface area contributed by atoms with Crippen LogP contribution in [0.25, 0.3) is 10.9 Å². The average Bonchev–Trinajstić information content (AvgIpc) is 3.37. The summed E-state index contributed by atoms with van der Waals surface area (Å²) in [4.78, 5) is 18.3. The fourth-order valence-corrected chi connectivity index (χ4v) is 4.22. The lowest BCUT2D eigenvalue weighted by molar-refractivity contribution is -0.130. The van der Waals surface area contributed by atoms with Crippen LogP contribution < -0.4 is 4.74 Å². The molecule has 4 rings (SSSR count). The lowest BCUT2D eigenvalue weighted by atomic mass is 9.87. The van der Waals surface area contributed by atoms with Crippen molar-refractivity contribution in [1.82, 2.24) is 9.88 Å². The number of likely N-dealkylation sites (tertiary alicyclic amines) is 1. The number of halogens is 1. The van der Waals surface area contributed by atoms with Crippen molar-refractivity contribution >= 4 is 28.4 Å². The van der Waals surface area contributed by atoms with Crippen molar-refractivity contribution in [3.8, 4) is 5.75 Å². The van der Waals surface area contributed by atoms with Crippen LogP contribution in [0.4, 0.5) is 0 Å². The summed E-state index contributed by atoms with van der Waals surface area (Å²) in [5.41, 5.74) is 3.25. The zero-order valence-corrected chi connectivity index (χ0v) is 16.8. The van der Waals surface area contributed by atoms with Gasteiger partial charge in [-0.1, -0.05) is 23.7 Å². The Morgan fingerprint density at radius 3 is 2.64 bits per heavy atom. The molecule has 0 saturated carbocycles. The van der Waals surface area contributed by atoms with Crippen LogP contribution in [0.3, 0.4) is 0 Å². The van der Waals surface area contributed by atoms with Crippen molar-refractivity contribution in [3.05, 3.63) is 64.8 Å². The summed E-state index contributed by atoms with van der Waals surface area (Å²) in [5, 5.41) is 1.77. The van der Waals surface area contributed by atoms with Crippen molar-refractivity contribution in [2.24, 2.45) is 0 Å². The molecule has 1 N–H and O–H groups in total. The minimum absolute atomic E-state index is 0.0315. The van der Waals surface area contributed by atoms with Crippen LogP contribution in [0.1, 0.15) is 43.2 Å². The van der Waals surface area contributed by atoms with Crippen LogP contribution in [-0.4, -0.2) is 35.5 Å². The van der Waals surface area contributed by atoms with E-state index < -0.39 is 0 Å². The molecule has 0 spiro atoms. The molecule has 1 saturated heterocycles. The number of rotatable bonds is 6. The van der Waals surface area contributed by atoms with E-state index in [0.717, 1.165) is 53.7 Å². The molecule has 4 nitrogen and oxygen atoms in total. The molecule has 0 radical (unpaired) electrons. The van der Waals surface area contributed by atoms with Gasteiger partial charge in [-0.05, 0) is 61.2 Å². The number of H-pyrrole nitrogens is 1. The highest BCUT2D eigenvalue weighted by Crippen LogP contribution is 2.36. The minimum atomic E-state index is -0.0315. The molecule has 2 aromatic carbocycles. The zero-order valence-electron chi connectivity index (χ0n) is 16.1. The lowest BCUT2D eigenvalue weighted by Gasteiger charge is -2.22. The second-order valence-electron chi connectivity index (χ2n) is 7.28. The van der Waals surface area contributed by atoms with Crippen LogP contribution in [0.2, 0.25) is 5.02 Å². The van der Waals surface area contributed by atoms with Crippen LogP contribution in [0.5, 0.6) is 5.75 Å². The highest BCUT2D eigenvalue weighted by molar-refractivity contribution is 6.31. The fraction of sp³-hybridized carbons (Fsp3) is 0.348. The molecule has 5 heteroatoms. The summed E-state index contributed by atoms with van der Waals surface area (Å²) in [6, 6.07) is 13.9. The first-order valence-electron chi connectivity index (χ1n) is 9.92. The van der Waals surface area contributed by atoms with Gasteiger partial charge in [-0.15, -0.1) is 0 Å². The maximum absolute atomic E-state index is 13.0. The smallest absolute Gasteiger partial charge is 0.223 e. The number of aromatic amines is 1. The third kappa shape index (κ3) is 3.88. The van der Waals surface area contributed by atoms with E-state index in [9.17, 15) is 4.79 Å². The molecule has 1 aliphatic heterocycles. The second-order valence-corrected chi connectivity index (χ2v) is 7.72. The largest absolute Gasteiger partial charge is 0.494 e. The van der Waals surface area contributed by atoms with E-state index in [-0.39, 0.29) is 11.8 Å². The number of nitrogens with one attached hydrogen (secondary N) is 1. The van der Waals surface area contributed by atoms with Crippen molar-refractivity contribution in [3.63, 3.8) is 0 Å². The highest BCUT2D eigenvalue weighted by Gasteiger charge is 2.26. The number of nitrogens with zero attached hydrogens (tertiary/aromatic N) is 1. The first-order valence-corrected chi connectivity index (χ1v) is 10.3. The summed E-state index contributed by atoms with van der Waals surface area (Å²) in [5.74, 6) is 1.03. The number of benzene rings is 2. The maximum atomic E-state index is 13.0. The molecule has 1 aliphatic rings. The van der Waals surface area contributed by atoms with Gasteiger partial charge in [0.2, 0.25) is 5.91 Å². The Labute approximate surface area is 170 Å². The molecule has 2 heterocycles. The third-order valence-electron chi connectivity index (χ3n) is 5.48. The lowest BCUT2D eigenvalue weighted by Crippen LogP contribution is -2.29. The van der Waals surface area contributed by atoms with Gasteiger partial charge in [0.1, 0.15) is 5.75 Å². The Morgan fingerprint density at radius 2 is 1.93 bits per heavy atom. The number of carbonyl (C=O) groups is 1. The van der Waals surface area contributed by atoms with E-state index in [1.165, 1.54) is 0 Å². The number of hydrogen-bond acceptors (Lipinski definition) is 2. The number of aromatic nitrogens is 1. The molecule has 1 aromatic heterocycles. The predicted octanol–water partition coefficient (Wildman–Crippen LogP) is 5.36. The van der Waals surface area contributed by atoms with Crippen LogP contribution in [0.15, 0.2) is 48.7 Å². The first-order chi connectivity index (χ1) is 13.7. The van der Waals surface area contributed by atoms with Gasteiger partial charge >= 0.3 is 0 Å². The molecule has 146 valence electrons. The molecule has 0 unspecified atom stereocenters. The van der Waals surface area contributed by atoms with Crippen molar-refractivity contribution in [2.45, 2.75) is 32.1 Å². The van der Waals surface area contributed by atoms with E-state index in [1.54, 1.807) is 0 Å². The van der Waals surface area contributed by atoms with Gasteiger partial charge in [-0.25, -0.2) is 0 Å². The Bertz CT molecular complexity index is 958. The summed E-state index contributed by atoms with van der Waals surface area (Å²) in [7, 11) is 0. The molecule has 1 fully saturated rings. The number of ether oxygens (including phenoxy) is 1. The monoisotopic (exact) mass is 396 g/mol. The molecular formula is C23H25ClN2O2. The van der Waals surface area contributed by atoms with E-state index in [4.69, 9.17) is 16.3 Å². The molecule has 1 amide bonds. The molecule has 28 heavy (non-hydrogen) atoms. The van der Waals surface area contributed by atoms with E-state index >= 15 is 0 Å². The number of carbonyl (C=O) groups excluding carboxylic acids is 1. The predicted molar refractivity (Wildman–Crippen MR) is 113 cm³/mol. The minimum Gasteiger partial charge on any atom is -0.494 e. The molecule has 0 bridgehead atoms. The third-order valence-corrected chi connectivity index (χ3v) is 5.72. The van der Waals surface area contributed by atoms with Gasteiger partial charge in [0.25, 0.3) is 0 Å². The Balaban J connectivity index is 1.71. The average molecular weight is 397 g/mol. The van der Waals surface area contributed by atoms with E-state index in [1.807, 2.05) is 48.4 Å². The van der Waals surface area contributed by atoms with Gasteiger partial charge in [0.05, 0.1) is 6.61 Å². The van der Waals surface area contributed by atoms with Crippen molar-refractivity contribution in [1.29, 1.82) is 0 Å². The van der Waals surface area contributed by atoms with Gasteiger partial charge in [-0.2, -0.15) is 0 Å². The summed E-state index contributed by atoms with van der Waals surface area (Å²) < 4.78 is 5.58. The fourth-order valence-electron chi connectivity index (χ4n) is 4.04. The molecule has 1 atom stereocenters. The summed E-state index contributed by atoms with van der Waals surface area (Å²) in [6.45, 7) is 4.35. The standard InChI is InChI=1S/C23H25ClN2O2/c1-2-28-18-8-5-16(6-9-18)19(14-23(27)26-11-3-4-12-26)21-15-25-22-10-7-17(24)13-20(21)22/h5-10,13,15,19,25H,2-4,11-12,14H2,1H3/t19-/m1/s1. The van der Waals surface area contributed by atoms with Gasteiger partial charge in [-0.3, -0.25) is 4.79 Å². The van der Waals surface area contributed by atoms with Crippen LogP contribution in [-0.2, 0) is 4.79 Å². The van der Waals surface area contributed by atoms with Crippen LogP contribution in [0, 0.1) is 0 Å². The quantitative estimate of drug-likeness (QED) is 0.609. The number of hydrogen-bond donors (Lipinski definition) is 1. The topological polar surface area (TPSA) is 45.3 Å². The first kappa shape index (κ1) is 18.9. The molecular weight excluding hydrogens is 372 g/mol. The summed E-state index contributed by atoms with van der Waals surface area (Å²) in [6.07, 6.45) is 4.66. The Kier molecular flexibility index (Phi) is 5.58. The van der Waals surface area contributed by atoms with Crippen molar-refractivity contribution < 1.29 is 9.53 Å². The second kappa shape index (κ2) is 8.27. The Morgan fingerprint density at radius 1 is 1.18 bits per heavy atom. The summed E-state index contributed by atoms with van der Waals surface area (Å²) >= 11 is 6.26. The van der Waals surface area contributed by atoms with Crippen molar-refractivity contribution in [2.75, 3.05) is 19.7 Å². The van der Waals surface area contributed by atoms with E-state index in [2.05, 4.69) is 17.1 Å². The number of fused-ring (bicyclic) bond motifs is 1. The van der Waals surface area contributed by atoms with E-state index in [0.29, 0.717) is 18.1 Å². The highest BCUT2D eigenvalue weighted by atomic mass is 35.5.